The lowest BCUT2D eigenvalue weighted by Crippen LogP contribution is -2.42. The monoisotopic (exact) mass is 888 g/mol. The maximum absolute atomic E-state index is 7.28. The number of benzene rings is 5. The fourth-order valence-electron chi connectivity index (χ4n) is 11.0. The van der Waals surface area contributed by atoms with Gasteiger partial charge in [-0.25, -0.2) is 0 Å². The first-order valence-electron chi connectivity index (χ1n) is 24.5. The summed E-state index contributed by atoms with van der Waals surface area (Å²) in [7, 11) is 0. The standard InChI is InChI=1S/C63H60N4O/c1-61(2,3)43-33-48(45-28-31-65-30-27-41-22-17-29-64-38-51(41)57(65)49(45)34-43)46-23-16-24-54-58(46)67-55-37-56(55)68-59-50(35-44(62(4,5)6)36-52(59)63(7,8)9)60(67)66(54)53-26-25-42(39-18-12-10-13-19-39)32-47(53)40-20-14-11-15-21-40/h11-12,14-27,30,32-37,56,64H,28-29,31,38H2,1-9H3/q+2. The second-order valence-electron chi connectivity index (χ2n) is 22.4. The van der Waals surface area contributed by atoms with Crippen molar-refractivity contribution in [1.82, 2.24) is 9.88 Å². The van der Waals surface area contributed by atoms with Crippen LogP contribution in [0.3, 0.4) is 0 Å². The van der Waals surface area contributed by atoms with Gasteiger partial charge in [-0.15, -0.1) is 0 Å². The van der Waals surface area contributed by atoms with Gasteiger partial charge in [0.05, 0.1) is 5.56 Å². The normalized spacial score (nSPS) is 15.9. The summed E-state index contributed by atoms with van der Waals surface area (Å²) >= 11 is 0. The number of nitrogens with zero attached hydrogens (tertiary/aromatic N) is 3. The summed E-state index contributed by atoms with van der Waals surface area (Å²) in [5, 5.41) is 3.70. The number of para-hydroxylation sites is 1. The van der Waals surface area contributed by atoms with Crippen molar-refractivity contribution in [2.24, 2.45) is 0 Å². The molecular formula is C63H60N4O+2. The first-order valence-corrected chi connectivity index (χ1v) is 24.5. The topological polar surface area (TPSA) is 33.9 Å². The van der Waals surface area contributed by atoms with E-state index in [2.05, 4.69) is 221 Å². The van der Waals surface area contributed by atoms with E-state index in [0.29, 0.717) is 0 Å². The molecule has 0 fully saturated rings. The van der Waals surface area contributed by atoms with E-state index in [4.69, 9.17) is 4.74 Å². The second-order valence-corrected chi connectivity index (χ2v) is 22.4. The molecule has 6 aromatic carbocycles. The van der Waals surface area contributed by atoms with Gasteiger partial charge in [0.1, 0.15) is 17.0 Å². The predicted octanol–water partition coefficient (Wildman–Crippen LogP) is 13.3. The summed E-state index contributed by atoms with van der Waals surface area (Å²) < 4.78 is 14.9. The number of fused-ring (bicyclic) bond motifs is 12. The van der Waals surface area contributed by atoms with Crippen LogP contribution < -0.4 is 19.2 Å². The Kier molecular flexibility index (Phi) is 9.50. The lowest BCUT2D eigenvalue weighted by atomic mass is 9.78. The van der Waals surface area contributed by atoms with E-state index in [0.717, 1.165) is 76.7 Å². The third-order valence-corrected chi connectivity index (χ3v) is 14.7. The predicted molar refractivity (Wildman–Crippen MR) is 278 cm³/mol. The Morgan fingerprint density at radius 3 is 2.22 bits per heavy atom. The molecule has 2 aromatic heterocycles. The summed E-state index contributed by atoms with van der Waals surface area (Å²) in [5.74, 6) is 2.08. The van der Waals surface area contributed by atoms with Crippen LogP contribution in [0.25, 0.3) is 84.5 Å². The number of hydrogen-bond donors (Lipinski definition) is 1. The summed E-state index contributed by atoms with van der Waals surface area (Å²) in [6.07, 6.45) is 9.98. The van der Waals surface area contributed by atoms with Crippen molar-refractivity contribution in [2.75, 3.05) is 6.54 Å². The van der Waals surface area contributed by atoms with Crippen LogP contribution in [-0.2, 0) is 35.8 Å². The van der Waals surface area contributed by atoms with Crippen molar-refractivity contribution < 1.29 is 13.9 Å². The number of imidazole rings is 1. The van der Waals surface area contributed by atoms with Gasteiger partial charge in [0.2, 0.25) is 5.69 Å². The molecule has 0 spiro atoms. The van der Waals surface area contributed by atoms with Crippen LogP contribution in [0.15, 0.2) is 134 Å². The SMILES string of the molecule is CC(C)(C)c1cc(-c2cccc3c2[n+]2c(n3-c3ccc(-c4cc#ccc4)cc3-c3ccccc3)-c3cc(C(C)(C)C)cc(C(C)(C)C)c3OC3C=C32)c2c(c1)-c1c3c(cc[n+]1CC2)C=CCNC3. The Labute approximate surface area is 402 Å². The fourth-order valence-corrected chi connectivity index (χ4v) is 11.0. The smallest absolute Gasteiger partial charge is 0.304 e. The van der Waals surface area contributed by atoms with Gasteiger partial charge in [-0.1, -0.05) is 141 Å². The summed E-state index contributed by atoms with van der Waals surface area (Å²) in [6.45, 7) is 23.7. The first-order chi connectivity index (χ1) is 32.6. The molecular weight excluding hydrogens is 829 g/mol. The minimum atomic E-state index is -0.178. The van der Waals surface area contributed by atoms with Crippen molar-refractivity contribution in [3.63, 3.8) is 0 Å². The lowest BCUT2D eigenvalue weighted by molar-refractivity contribution is -0.688. The van der Waals surface area contributed by atoms with Gasteiger partial charge >= 0.3 is 5.82 Å². The third kappa shape index (κ3) is 6.87. The van der Waals surface area contributed by atoms with Gasteiger partial charge < -0.3 is 10.1 Å². The number of aryl methyl sites for hydroxylation is 1. The van der Waals surface area contributed by atoms with E-state index in [1.165, 1.54) is 67.0 Å². The Balaban J connectivity index is 1.23. The number of ether oxygens (including phenoxy) is 1. The summed E-state index contributed by atoms with van der Waals surface area (Å²) in [5.41, 5.74) is 23.1. The Hall–Kier alpha value is -7.00. The van der Waals surface area contributed by atoms with Crippen LogP contribution in [0.2, 0.25) is 0 Å². The zero-order chi connectivity index (χ0) is 46.9. The Morgan fingerprint density at radius 2 is 1.46 bits per heavy atom. The zero-order valence-electron chi connectivity index (χ0n) is 40.9. The van der Waals surface area contributed by atoms with Gasteiger partial charge in [0.25, 0.3) is 0 Å². The number of hydrogen-bond acceptors (Lipinski definition) is 2. The molecule has 0 bridgehead atoms. The van der Waals surface area contributed by atoms with Crippen molar-refractivity contribution in [3.8, 4) is 67.5 Å². The lowest BCUT2D eigenvalue weighted by Gasteiger charge is -2.28. The summed E-state index contributed by atoms with van der Waals surface area (Å²) in [4.78, 5) is 0. The van der Waals surface area contributed by atoms with Crippen molar-refractivity contribution in [2.45, 2.75) is 104 Å². The van der Waals surface area contributed by atoms with Crippen LogP contribution in [0, 0.1) is 12.1 Å². The average Bonchev–Trinajstić information content (AvgIpc) is 4.08. The molecule has 0 amide bonds. The molecule has 1 N–H and O–H groups in total. The number of pyridine rings is 1. The molecule has 0 radical (unpaired) electrons. The molecule has 4 aliphatic rings. The van der Waals surface area contributed by atoms with Crippen LogP contribution in [0.5, 0.6) is 5.75 Å². The molecule has 1 unspecified atom stereocenters. The van der Waals surface area contributed by atoms with Crippen molar-refractivity contribution in [3.05, 3.63) is 179 Å². The first kappa shape index (κ1) is 42.4. The van der Waals surface area contributed by atoms with Crippen LogP contribution in [-0.4, -0.2) is 17.2 Å². The molecule has 0 saturated heterocycles. The van der Waals surface area contributed by atoms with E-state index in [9.17, 15) is 0 Å². The van der Waals surface area contributed by atoms with Crippen molar-refractivity contribution >= 4 is 22.8 Å². The second kappa shape index (κ2) is 15.3. The van der Waals surface area contributed by atoms with Gasteiger partial charge in [0.15, 0.2) is 35.6 Å². The Bertz CT molecular complexity index is 3440. The highest BCUT2D eigenvalue weighted by atomic mass is 16.5. The minimum absolute atomic E-state index is 0.0930. The van der Waals surface area contributed by atoms with E-state index in [1.54, 1.807) is 0 Å². The maximum Gasteiger partial charge on any atom is 0.304 e. The van der Waals surface area contributed by atoms with Gasteiger partial charge in [-0.3, -0.25) is 0 Å². The molecule has 12 rings (SSSR count). The maximum atomic E-state index is 7.28. The molecule has 1 aliphatic carbocycles. The fraction of sp³-hybridized carbons (Fsp3) is 0.270. The van der Waals surface area contributed by atoms with Crippen molar-refractivity contribution in [1.29, 1.82) is 0 Å². The molecule has 5 heteroatoms. The third-order valence-electron chi connectivity index (χ3n) is 14.7. The number of rotatable bonds is 4. The van der Waals surface area contributed by atoms with Gasteiger partial charge in [-0.05, 0) is 115 Å². The zero-order valence-corrected chi connectivity index (χ0v) is 40.9. The van der Waals surface area contributed by atoms with Crippen LogP contribution in [0.1, 0.15) is 95.7 Å². The van der Waals surface area contributed by atoms with E-state index in [1.807, 2.05) is 12.1 Å². The molecule has 5 heterocycles. The molecule has 8 aromatic rings. The van der Waals surface area contributed by atoms with Gasteiger partial charge in [-0.2, -0.15) is 13.7 Å². The van der Waals surface area contributed by atoms with Crippen LogP contribution >= 0.6 is 0 Å². The quantitative estimate of drug-likeness (QED) is 0.179. The Morgan fingerprint density at radius 1 is 0.676 bits per heavy atom. The molecule has 336 valence electrons. The van der Waals surface area contributed by atoms with E-state index in [-0.39, 0.29) is 22.3 Å². The highest BCUT2D eigenvalue weighted by Crippen LogP contribution is 2.51. The van der Waals surface area contributed by atoms with Gasteiger partial charge in [0, 0.05) is 53.9 Å². The average molecular weight is 889 g/mol. The van der Waals surface area contributed by atoms with E-state index >= 15 is 0 Å². The largest absolute Gasteiger partial charge is 0.476 e. The number of nitrogens with one attached hydrogen (secondary N) is 1. The molecule has 1 atom stereocenters. The van der Waals surface area contributed by atoms with E-state index < -0.39 is 0 Å². The van der Waals surface area contributed by atoms with Crippen LogP contribution in [0.4, 0.5) is 0 Å². The molecule has 68 heavy (non-hydrogen) atoms. The molecule has 3 aliphatic heterocycles. The number of aromatic nitrogens is 3. The highest BCUT2D eigenvalue weighted by Gasteiger charge is 2.48. The summed E-state index contributed by atoms with van der Waals surface area (Å²) in [6, 6.07) is 49.6. The molecule has 0 saturated carbocycles. The highest BCUT2D eigenvalue weighted by molar-refractivity contribution is 5.98. The molecule has 5 nitrogen and oxygen atoms in total. The minimum Gasteiger partial charge on any atom is -0.476 e.